The van der Waals surface area contributed by atoms with Crippen LogP contribution in [0.4, 0.5) is 4.39 Å². The van der Waals surface area contributed by atoms with Gasteiger partial charge in [0, 0.05) is 30.2 Å². The maximum Gasteiger partial charge on any atom is 0.129 e. The number of piperidine rings is 1. The smallest absolute Gasteiger partial charge is 0.129 e. The van der Waals surface area contributed by atoms with E-state index in [1.807, 2.05) is 0 Å². The van der Waals surface area contributed by atoms with Gasteiger partial charge in [0.15, 0.2) is 0 Å². The van der Waals surface area contributed by atoms with Gasteiger partial charge in [-0.2, -0.15) is 0 Å². The van der Waals surface area contributed by atoms with Crippen LogP contribution < -0.4 is 0 Å². The van der Waals surface area contributed by atoms with Gasteiger partial charge in [-0.3, -0.25) is 4.90 Å². The van der Waals surface area contributed by atoms with E-state index in [4.69, 9.17) is 11.6 Å². The summed E-state index contributed by atoms with van der Waals surface area (Å²) < 4.78 is 13.5. The van der Waals surface area contributed by atoms with Crippen molar-refractivity contribution in [2.24, 2.45) is 0 Å². The summed E-state index contributed by atoms with van der Waals surface area (Å²) in [5.41, 5.74) is 0.667. The van der Waals surface area contributed by atoms with Gasteiger partial charge in [0.05, 0.1) is 6.10 Å². The number of halogens is 2. The fourth-order valence-electron chi connectivity index (χ4n) is 1.97. The van der Waals surface area contributed by atoms with E-state index in [1.54, 1.807) is 12.1 Å². The molecule has 1 saturated heterocycles. The normalized spacial score (nSPS) is 18.9. The zero-order valence-corrected chi connectivity index (χ0v) is 9.75. The second kappa shape index (κ2) is 5.13. The summed E-state index contributed by atoms with van der Waals surface area (Å²) in [5.74, 6) is -0.251. The van der Waals surface area contributed by atoms with Crippen molar-refractivity contribution in [3.8, 4) is 0 Å². The summed E-state index contributed by atoms with van der Waals surface area (Å²) in [6.07, 6.45) is 1.36. The lowest BCUT2D eigenvalue weighted by molar-refractivity contribution is 0.0787. The van der Waals surface area contributed by atoms with Crippen LogP contribution in [0.15, 0.2) is 18.2 Å². The van der Waals surface area contributed by atoms with Crippen LogP contribution >= 0.6 is 11.6 Å². The molecule has 0 spiro atoms. The quantitative estimate of drug-likeness (QED) is 0.863. The number of nitrogens with zero attached hydrogens (tertiary/aromatic N) is 1. The molecular weight excluding hydrogens is 229 g/mol. The Bertz CT molecular complexity index is 364. The molecule has 0 bridgehead atoms. The average Bonchev–Trinajstić information content (AvgIpc) is 2.25. The Balaban J connectivity index is 1.98. The van der Waals surface area contributed by atoms with Crippen LogP contribution in [0, 0.1) is 5.82 Å². The SMILES string of the molecule is OC1CCN(Cc2ccc(Cl)cc2F)CC1. The minimum Gasteiger partial charge on any atom is -0.393 e. The second-order valence-electron chi connectivity index (χ2n) is 4.24. The van der Waals surface area contributed by atoms with E-state index in [2.05, 4.69) is 4.90 Å². The van der Waals surface area contributed by atoms with Crippen molar-refractivity contribution < 1.29 is 9.50 Å². The highest BCUT2D eigenvalue weighted by molar-refractivity contribution is 6.30. The summed E-state index contributed by atoms with van der Waals surface area (Å²) >= 11 is 5.69. The molecule has 0 aliphatic carbocycles. The summed E-state index contributed by atoms with van der Waals surface area (Å²) in [4.78, 5) is 2.15. The Hall–Kier alpha value is -0.640. The van der Waals surface area contributed by atoms with Crippen molar-refractivity contribution in [1.82, 2.24) is 4.90 Å². The van der Waals surface area contributed by atoms with Crippen molar-refractivity contribution in [3.63, 3.8) is 0 Å². The van der Waals surface area contributed by atoms with Crippen molar-refractivity contribution in [2.45, 2.75) is 25.5 Å². The van der Waals surface area contributed by atoms with Crippen molar-refractivity contribution >= 4 is 11.6 Å². The molecule has 1 aromatic rings. The molecule has 16 heavy (non-hydrogen) atoms. The molecular formula is C12H15ClFNO. The summed E-state index contributed by atoms with van der Waals surface area (Å²) in [6, 6.07) is 4.77. The lowest BCUT2D eigenvalue weighted by Crippen LogP contribution is -2.35. The Morgan fingerprint density at radius 2 is 2.06 bits per heavy atom. The van der Waals surface area contributed by atoms with Gasteiger partial charge < -0.3 is 5.11 Å². The minimum atomic E-state index is -0.251. The van der Waals surface area contributed by atoms with Crippen molar-refractivity contribution in [3.05, 3.63) is 34.6 Å². The first-order chi connectivity index (χ1) is 7.65. The molecule has 2 nitrogen and oxygen atoms in total. The highest BCUT2D eigenvalue weighted by Gasteiger charge is 2.17. The first kappa shape index (κ1) is 11.8. The summed E-state index contributed by atoms with van der Waals surface area (Å²) in [5, 5.41) is 9.79. The van der Waals surface area contributed by atoms with Gasteiger partial charge in [-0.05, 0) is 25.0 Å². The Labute approximate surface area is 99.6 Å². The molecule has 1 aromatic carbocycles. The maximum atomic E-state index is 13.5. The highest BCUT2D eigenvalue weighted by atomic mass is 35.5. The molecule has 1 aliphatic rings. The first-order valence-corrected chi connectivity index (χ1v) is 5.87. The van der Waals surface area contributed by atoms with Crippen LogP contribution in [-0.2, 0) is 6.54 Å². The third-order valence-corrected chi connectivity index (χ3v) is 3.20. The van der Waals surface area contributed by atoms with Gasteiger partial charge >= 0.3 is 0 Å². The number of likely N-dealkylation sites (tertiary alicyclic amines) is 1. The van der Waals surface area contributed by atoms with Crippen LogP contribution in [-0.4, -0.2) is 29.2 Å². The molecule has 1 heterocycles. The fourth-order valence-corrected chi connectivity index (χ4v) is 2.13. The van der Waals surface area contributed by atoms with E-state index in [-0.39, 0.29) is 11.9 Å². The van der Waals surface area contributed by atoms with E-state index in [9.17, 15) is 9.50 Å². The number of hydrogen-bond donors (Lipinski definition) is 1. The average molecular weight is 244 g/mol. The van der Waals surface area contributed by atoms with E-state index < -0.39 is 0 Å². The Morgan fingerprint density at radius 3 is 2.69 bits per heavy atom. The molecule has 0 saturated carbocycles. The molecule has 2 rings (SSSR count). The van der Waals surface area contributed by atoms with E-state index in [0.29, 0.717) is 17.1 Å². The van der Waals surface area contributed by atoms with Crippen LogP contribution in [0.25, 0.3) is 0 Å². The number of aliphatic hydroxyl groups excluding tert-OH is 1. The lowest BCUT2D eigenvalue weighted by atomic mass is 10.1. The number of aliphatic hydroxyl groups is 1. The standard InChI is InChI=1S/C12H15ClFNO/c13-10-2-1-9(12(14)7-10)8-15-5-3-11(16)4-6-15/h1-2,7,11,16H,3-6,8H2. The fraction of sp³-hybridized carbons (Fsp3) is 0.500. The Morgan fingerprint density at radius 1 is 1.38 bits per heavy atom. The molecule has 0 atom stereocenters. The topological polar surface area (TPSA) is 23.5 Å². The monoisotopic (exact) mass is 243 g/mol. The number of hydrogen-bond acceptors (Lipinski definition) is 2. The van der Waals surface area contributed by atoms with Crippen LogP contribution in [0.2, 0.25) is 5.02 Å². The third-order valence-electron chi connectivity index (χ3n) is 2.97. The molecule has 0 aromatic heterocycles. The van der Waals surface area contributed by atoms with Gasteiger partial charge in [0.2, 0.25) is 0 Å². The number of rotatable bonds is 2. The number of benzene rings is 1. The van der Waals surface area contributed by atoms with Gasteiger partial charge in [-0.15, -0.1) is 0 Å². The molecule has 88 valence electrons. The third kappa shape index (κ3) is 2.94. The minimum absolute atomic E-state index is 0.189. The van der Waals surface area contributed by atoms with Crippen molar-refractivity contribution in [1.29, 1.82) is 0 Å². The van der Waals surface area contributed by atoms with Crippen molar-refractivity contribution in [2.75, 3.05) is 13.1 Å². The zero-order chi connectivity index (χ0) is 11.5. The zero-order valence-electron chi connectivity index (χ0n) is 9.00. The molecule has 1 aliphatic heterocycles. The van der Waals surface area contributed by atoms with E-state index in [1.165, 1.54) is 6.07 Å². The summed E-state index contributed by atoms with van der Waals surface area (Å²) in [7, 11) is 0. The molecule has 1 N–H and O–H groups in total. The molecule has 0 radical (unpaired) electrons. The van der Waals surface area contributed by atoms with E-state index >= 15 is 0 Å². The largest absolute Gasteiger partial charge is 0.393 e. The van der Waals surface area contributed by atoms with Gasteiger partial charge in [-0.25, -0.2) is 4.39 Å². The highest BCUT2D eigenvalue weighted by Crippen LogP contribution is 2.18. The summed E-state index contributed by atoms with van der Waals surface area (Å²) in [6.45, 7) is 2.24. The molecule has 0 unspecified atom stereocenters. The molecule has 4 heteroatoms. The second-order valence-corrected chi connectivity index (χ2v) is 4.68. The van der Waals surface area contributed by atoms with E-state index in [0.717, 1.165) is 25.9 Å². The maximum absolute atomic E-state index is 13.5. The molecule has 0 amide bonds. The van der Waals surface area contributed by atoms with Gasteiger partial charge in [0.1, 0.15) is 5.82 Å². The van der Waals surface area contributed by atoms with Gasteiger partial charge in [0.25, 0.3) is 0 Å². The van der Waals surface area contributed by atoms with Crippen LogP contribution in [0.3, 0.4) is 0 Å². The predicted octanol–water partition coefficient (Wildman–Crippen LogP) is 2.44. The van der Waals surface area contributed by atoms with Gasteiger partial charge in [-0.1, -0.05) is 17.7 Å². The predicted molar refractivity (Wildman–Crippen MR) is 61.9 cm³/mol. The lowest BCUT2D eigenvalue weighted by Gasteiger charge is -2.29. The Kier molecular flexibility index (Phi) is 3.79. The molecule has 1 fully saturated rings. The first-order valence-electron chi connectivity index (χ1n) is 5.49. The van der Waals surface area contributed by atoms with Crippen LogP contribution in [0.5, 0.6) is 0 Å². The van der Waals surface area contributed by atoms with Crippen LogP contribution in [0.1, 0.15) is 18.4 Å².